The topological polar surface area (TPSA) is 46.5 Å². The average Bonchev–Trinajstić information content (AvgIpc) is 2.54. The lowest BCUT2D eigenvalue weighted by atomic mass is 9.88. The molecule has 2 rings (SSSR count). The zero-order chi connectivity index (χ0) is 17.7. The Kier molecular flexibility index (Phi) is 6.27. The van der Waals surface area contributed by atoms with E-state index in [4.69, 9.17) is 16.3 Å². The molecule has 0 saturated heterocycles. The van der Waals surface area contributed by atoms with Crippen molar-refractivity contribution in [3.8, 4) is 5.75 Å². The minimum Gasteiger partial charge on any atom is -0.493 e. The van der Waals surface area contributed by atoms with Crippen molar-refractivity contribution in [1.29, 1.82) is 0 Å². The molecule has 0 amide bonds. The lowest BCUT2D eigenvalue weighted by Crippen LogP contribution is -2.16. The van der Waals surface area contributed by atoms with Gasteiger partial charge in [-0.05, 0) is 61.6 Å². The normalized spacial score (nSPS) is 12.0. The summed E-state index contributed by atoms with van der Waals surface area (Å²) in [5, 5.41) is 10.3. The summed E-state index contributed by atoms with van der Waals surface area (Å²) in [5.74, 6) is -0.768. The first-order valence-electron chi connectivity index (χ1n) is 8.13. The van der Waals surface area contributed by atoms with Crippen molar-refractivity contribution in [2.24, 2.45) is 0 Å². The number of hydrogen-bond donors (Lipinski definition) is 1. The Labute approximate surface area is 148 Å². The summed E-state index contributed by atoms with van der Waals surface area (Å²) < 4.78 is 5.76. The second kappa shape index (κ2) is 8.20. The third-order valence-electron chi connectivity index (χ3n) is 4.02. The third-order valence-corrected chi connectivity index (χ3v) is 4.25. The van der Waals surface area contributed by atoms with Crippen LogP contribution >= 0.6 is 11.6 Å². The van der Waals surface area contributed by atoms with Crippen molar-refractivity contribution in [2.75, 3.05) is 6.61 Å². The van der Waals surface area contributed by atoms with E-state index in [0.29, 0.717) is 23.8 Å². The number of aryl methyl sites for hydroxylation is 2. The van der Waals surface area contributed by atoms with E-state index < -0.39 is 11.9 Å². The Bertz CT molecular complexity index is 725. The highest BCUT2D eigenvalue weighted by atomic mass is 35.5. The van der Waals surface area contributed by atoms with E-state index in [9.17, 15) is 9.90 Å². The van der Waals surface area contributed by atoms with Crippen molar-refractivity contribution in [3.05, 3.63) is 63.7 Å². The minimum atomic E-state index is -0.842. The Morgan fingerprint density at radius 1 is 1.21 bits per heavy atom. The van der Waals surface area contributed by atoms with Crippen LogP contribution in [0.5, 0.6) is 5.75 Å². The van der Waals surface area contributed by atoms with Gasteiger partial charge in [0.05, 0.1) is 12.5 Å². The molecule has 3 nitrogen and oxygen atoms in total. The van der Waals surface area contributed by atoms with Gasteiger partial charge in [-0.15, -0.1) is 0 Å². The molecule has 1 N–H and O–H groups in total. The molecule has 2 aromatic rings. The lowest BCUT2D eigenvalue weighted by Gasteiger charge is -2.18. The number of carboxylic acids is 1. The highest BCUT2D eigenvalue weighted by molar-refractivity contribution is 6.30. The first-order valence-corrected chi connectivity index (χ1v) is 8.51. The van der Waals surface area contributed by atoms with Crippen LogP contribution in [0.25, 0.3) is 0 Å². The molecule has 0 heterocycles. The predicted molar refractivity (Wildman–Crippen MR) is 97.2 cm³/mol. The van der Waals surface area contributed by atoms with Crippen LogP contribution in [-0.4, -0.2) is 17.7 Å². The molecular weight excluding hydrogens is 324 g/mol. The van der Waals surface area contributed by atoms with Crippen LogP contribution in [-0.2, 0) is 11.2 Å². The molecule has 0 spiro atoms. The molecule has 0 aromatic heterocycles. The number of carbonyl (C=O) groups is 1. The maximum Gasteiger partial charge on any atom is 0.311 e. The van der Waals surface area contributed by atoms with Crippen molar-refractivity contribution < 1.29 is 14.6 Å². The molecule has 24 heavy (non-hydrogen) atoms. The van der Waals surface area contributed by atoms with Crippen LogP contribution in [0.3, 0.4) is 0 Å². The molecule has 4 heteroatoms. The Hall–Kier alpha value is -2.00. The van der Waals surface area contributed by atoms with Crippen LogP contribution in [0.15, 0.2) is 36.4 Å². The zero-order valence-corrected chi connectivity index (χ0v) is 15.1. The third kappa shape index (κ3) is 4.51. The number of halogens is 1. The monoisotopic (exact) mass is 346 g/mol. The highest BCUT2D eigenvalue weighted by Crippen LogP contribution is 2.31. The summed E-state index contributed by atoms with van der Waals surface area (Å²) in [5.41, 5.74) is 3.69. The Morgan fingerprint density at radius 3 is 2.62 bits per heavy atom. The van der Waals surface area contributed by atoms with Crippen LogP contribution in [0.2, 0.25) is 5.02 Å². The van der Waals surface area contributed by atoms with Gasteiger partial charge < -0.3 is 9.84 Å². The molecule has 0 aliphatic carbocycles. The van der Waals surface area contributed by atoms with Gasteiger partial charge in [-0.1, -0.05) is 42.3 Å². The number of carboxylic acid groups (broad SMARTS) is 1. The maximum absolute atomic E-state index is 11.9. The van der Waals surface area contributed by atoms with Gasteiger partial charge in [0.2, 0.25) is 0 Å². The molecule has 128 valence electrons. The van der Waals surface area contributed by atoms with Gasteiger partial charge in [-0.25, -0.2) is 0 Å². The average molecular weight is 347 g/mol. The maximum atomic E-state index is 11.9. The first kappa shape index (κ1) is 18.3. The van der Waals surface area contributed by atoms with Gasteiger partial charge in [-0.3, -0.25) is 4.79 Å². The van der Waals surface area contributed by atoms with E-state index in [2.05, 4.69) is 0 Å². The molecule has 0 aliphatic heterocycles. The first-order chi connectivity index (χ1) is 11.4. The smallest absolute Gasteiger partial charge is 0.311 e. The second-order valence-corrected chi connectivity index (χ2v) is 6.49. The van der Waals surface area contributed by atoms with Gasteiger partial charge >= 0.3 is 5.97 Å². The van der Waals surface area contributed by atoms with Gasteiger partial charge in [0.1, 0.15) is 5.75 Å². The van der Waals surface area contributed by atoms with Gasteiger partial charge in [0.25, 0.3) is 0 Å². The quantitative estimate of drug-likeness (QED) is 0.753. The van der Waals surface area contributed by atoms with Crippen molar-refractivity contribution in [3.63, 3.8) is 0 Å². The molecule has 0 saturated carbocycles. The van der Waals surface area contributed by atoms with Crippen molar-refractivity contribution in [1.82, 2.24) is 0 Å². The summed E-state index contributed by atoms with van der Waals surface area (Å²) in [7, 11) is 0. The number of benzene rings is 2. The summed E-state index contributed by atoms with van der Waals surface area (Å²) >= 11 is 6.11. The zero-order valence-electron chi connectivity index (χ0n) is 14.3. The SMILES string of the molecule is CCCOc1ccc(Cl)cc1CC(C(=O)O)c1cc(C)ccc1C. The number of hydrogen-bond acceptors (Lipinski definition) is 2. The largest absolute Gasteiger partial charge is 0.493 e. The number of aliphatic carboxylic acids is 1. The highest BCUT2D eigenvalue weighted by Gasteiger charge is 2.24. The van der Waals surface area contributed by atoms with E-state index in [1.165, 1.54) is 0 Å². The molecule has 0 fully saturated rings. The fourth-order valence-corrected chi connectivity index (χ4v) is 2.94. The van der Waals surface area contributed by atoms with Gasteiger partial charge in [-0.2, -0.15) is 0 Å². The van der Waals surface area contributed by atoms with Gasteiger partial charge in [0.15, 0.2) is 0 Å². The lowest BCUT2D eigenvalue weighted by molar-refractivity contribution is -0.138. The van der Waals surface area contributed by atoms with Crippen LogP contribution in [0.4, 0.5) is 0 Å². The standard InChI is InChI=1S/C20H23ClO3/c1-4-9-24-19-8-7-16(21)11-15(19)12-18(20(22)23)17-10-13(2)5-6-14(17)3/h5-8,10-11,18H,4,9,12H2,1-3H3,(H,22,23). The Morgan fingerprint density at radius 2 is 1.96 bits per heavy atom. The second-order valence-electron chi connectivity index (χ2n) is 6.06. The van der Waals surface area contributed by atoms with Crippen LogP contribution in [0, 0.1) is 13.8 Å². The van der Waals surface area contributed by atoms with E-state index in [0.717, 1.165) is 28.7 Å². The van der Waals surface area contributed by atoms with Crippen LogP contribution < -0.4 is 4.74 Å². The number of ether oxygens (including phenoxy) is 1. The molecule has 0 aliphatic rings. The van der Waals surface area contributed by atoms with E-state index in [1.54, 1.807) is 12.1 Å². The van der Waals surface area contributed by atoms with Crippen molar-refractivity contribution in [2.45, 2.75) is 39.5 Å². The van der Waals surface area contributed by atoms with Gasteiger partial charge in [0, 0.05) is 5.02 Å². The Balaban J connectivity index is 2.39. The van der Waals surface area contributed by atoms with Crippen molar-refractivity contribution >= 4 is 17.6 Å². The molecule has 2 aromatic carbocycles. The predicted octanol–water partition coefficient (Wildman–Crippen LogP) is 5.16. The summed E-state index contributed by atoms with van der Waals surface area (Å²) in [4.78, 5) is 11.9. The molecule has 0 bridgehead atoms. The summed E-state index contributed by atoms with van der Waals surface area (Å²) in [6.45, 7) is 6.54. The summed E-state index contributed by atoms with van der Waals surface area (Å²) in [6.07, 6.45) is 1.24. The fourth-order valence-electron chi connectivity index (χ4n) is 2.75. The molecule has 0 radical (unpaired) electrons. The van der Waals surface area contributed by atoms with E-state index >= 15 is 0 Å². The fraction of sp³-hybridized carbons (Fsp3) is 0.350. The van der Waals surface area contributed by atoms with E-state index in [1.807, 2.05) is 45.0 Å². The number of rotatable bonds is 7. The molecule has 1 unspecified atom stereocenters. The molecule has 1 atom stereocenters. The molecular formula is C20H23ClO3. The van der Waals surface area contributed by atoms with Crippen LogP contribution in [0.1, 0.15) is 41.5 Å². The summed E-state index contributed by atoms with van der Waals surface area (Å²) in [6, 6.07) is 11.3. The minimum absolute atomic E-state index is 0.346. The van der Waals surface area contributed by atoms with E-state index in [-0.39, 0.29) is 0 Å².